The Morgan fingerprint density at radius 1 is 1.07 bits per heavy atom. The van der Waals surface area contributed by atoms with E-state index in [-0.39, 0.29) is 114 Å². The molecule has 0 bridgehead atoms. The first-order chi connectivity index (χ1) is 6.16. The van der Waals surface area contributed by atoms with Crippen molar-refractivity contribution in [3.63, 3.8) is 0 Å². The minimum absolute atomic E-state index is 0. The van der Waals surface area contributed by atoms with Crippen LogP contribution in [0.3, 0.4) is 0 Å². The molecule has 0 unspecified atom stereocenters. The molecular formula is C8H5K2NO4. The van der Waals surface area contributed by atoms with Gasteiger partial charge in [0.05, 0.1) is 5.97 Å². The number of hydroxylamine groups is 1. The predicted molar refractivity (Wildman–Crippen MR) is 41.6 cm³/mol. The summed E-state index contributed by atoms with van der Waals surface area (Å²) in [5.41, 5.74) is 0.604. The van der Waals surface area contributed by atoms with Gasteiger partial charge in [-0.05, 0) is 6.07 Å². The summed E-state index contributed by atoms with van der Waals surface area (Å²) >= 11 is 0. The first-order valence-corrected chi connectivity index (χ1v) is 3.39. The molecule has 68 valence electrons. The fourth-order valence-electron chi connectivity index (χ4n) is 0.914. The summed E-state index contributed by atoms with van der Waals surface area (Å²) in [7, 11) is 0. The van der Waals surface area contributed by atoms with Crippen molar-refractivity contribution in [1.82, 2.24) is 5.48 Å². The minimum Gasteiger partial charge on any atom is -0.759 e. The van der Waals surface area contributed by atoms with Gasteiger partial charge in [-0.25, -0.2) is 0 Å². The van der Waals surface area contributed by atoms with Gasteiger partial charge in [-0.3, -0.25) is 4.79 Å². The third kappa shape index (κ3) is 5.51. The fraction of sp³-hybridized carbons (Fsp3) is 0. The number of benzene rings is 1. The second-order valence-electron chi connectivity index (χ2n) is 2.26. The van der Waals surface area contributed by atoms with E-state index in [2.05, 4.69) is 0 Å². The zero-order valence-corrected chi connectivity index (χ0v) is 14.7. The molecule has 0 aliphatic carbocycles. The summed E-state index contributed by atoms with van der Waals surface area (Å²) in [5.74, 6) is -2.47. The molecular weight excluding hydrogens is 252 g/mol. The van der Waals surface area contributed by atoms with Gasteiger partial charge < -0.3 is 20.6 Å². The Labute approximate surface area is 171 Å². The zero-order chi connectivity index (χ0) is 9.84. The molecule has 0 spiro atoms. The average Bonchev–Trinajstić information content (AvgIpc) is 2.16. The normalized spacial score (nSPS) is 8.07. The van der Waals surface area contributed by atoms with E-state index in [9.17, 15) is 19.9 Å². The van der Waals surface area contributed by atoms with E-state index in [1.807, 2.05) is 0 Å². The standard InChI is InChI=1S/C8H6NO4.2K/c10-7(9-13)5-3-1-2-4-6(5)8(11)12;;/h1-4H,(H2-,9,10,11,12,13);;/q-1;2*+1/p-1. The molecule has 0 saturated carbocycles. The van der Waals surface area contributed by atoms with Crippen molar-refractivity contribution in [2.24, 2.45) is 0 Å². The van der Waals surface area contributed by atoms with Crippen LogP contribution >= 0.6 is 0 Å². The van der Waals surface area contributed by atoms with Gasteiger partial charge in [0, 0.05) is 11.1 Å². The van der Waals surface area contributed by atoms with Crippen molar-refractivity contribution in [3.05, 3.63) is 40.6 Å². The van der Waals surface area contributed by atoms with Gasteiger partial charge in [-0.15, -0.1) is 0 Å². The van der Waals surface area contributed by atoms with Crippen molar-refractivity contribution in [2.45, 2.75) is 0 Å². The minimum atomic E-state index is -1.49. The maximum atomic E-state index is 10.8. The molecule has 0 aliphatic heterocycles. The summed E-state index contributed by atoms with van der Waals surface area (Å²) in [6, 6.07) is 5.32. The molecule has 1 amide bonds. The number of amides is 1. The summed E-state index contributed by atoms with van der Waals surface area (Å²) in [4.78, 5) is 21.3. The summed E-state index contributed by atoms with van der Waals surface area (Å²) in [5, 5.41) is 20.4. The molecule has 1 N–H and O–H groups in total. The van der Waals surface area contributed by atoms with Crippen molar-refractivity contribution in [1.29, 1.82) is 0 Å². The number of aromatic carboxylic acids is 1. The Morgan fingerprint density at radius 3 is 1.93 bits per heavy atom. The smallest absolute Gasteiger partial charge is 0.759 e. The van der Waals surface area contributed by atoms with Crippen molar-refractivity contribution < 1.29 is 117 Å². The Hall–Kier alpha value is 1.39. The average molecular weight is 257 g/mol. The number of carbonyl (C=O) groups excluding carboxylic acids is 2. The third-order valence-corrected chi connectivity index (χ3v) is 1.48. The summed E-state index contributed by atoms with van der Waals surface area (Å²) in [6.07, 6.45) is 0. The molecule has 0 atom stereocenters. The van der Waals surface area contributed by atoms with Crippen LogP contribution in [-0.4, -0.2) is 11.9 Å². The van der Waals surface area contributed by atoms with E-state index in [0.29, 0.717) is 0 Å². The molecule has 5 nitrogen and oxygen atoms in total. The number of rotatable bonds is 2. The van der Waals surface area contributed by atoms with Crippen LogP contribution in [0.1, 0.15) is 20.7 Å². The molecule has 0 saturated heterocycles. The number of hydrogen-bond acceptors (Lipinski definition) is 4. The topological polar surface area (TPSA) is 92.3 Å². The van der Waals surface area contributed by atoms with Crippen LogP contribution < -0.4 is 113 Å². The van der Waals surface area contributed by atoms with Gasteiger partial charge in [-0.2, -0.15) is 0 Å². The maximum absolute atomic E-state index is 10.8. The van der Waals surface area contributed by atoms with Crippen molar-refractivity contribution in [3.8, 4) is 0 Å². The Kier molecular flexibility index (Phi) is 11.8. The number of carboxylic acids is 1. The predicted octanol–water partition coefficient (Wildman–Crippen LogP) is -6.71. The van der Waals surface area contributed by atoms with Crippen LogP contribution in [0.15, 0.2) is 24.3 Å². The van der Waals surface area contributed by atoms with Gasteiger partial charge in [0.2, 0.25) is 5.91 Å². The largest absolute Gasteiger partial charge is 1.00 e. The van der Waals surface area contributed by atoms with Crippen LogP contribution in [0.5, 0.6) is 0 Å². The molecule has 0 aliphatic rings. The first kappa shape index (κ1) is 18.7. The first-order valence-electron chi connectivity index (χ1n) is 3.39. The Bertz CT molecular complexity index is 356. The molecule has 0 heterocycles. The van der Waals surface area contributed by atoms with Crippen LogP contribution in [0, 0.1) is 5.21 Å². The molecule has 1 rings (SSSR count). The number of carboxylic acid groups (broad SMARTS) is 1. The fourth-order valence-corrected chi connectivity index (χ4v) is 0.914. The molecule has 15 heavy (non-hydrogen) atoms. The summed E-state index contributed by atoms with van der Waals surface area (Å²) in [6.45, 7) is 0. The van der Waals surface area contributed by atoms with Gasteiger partial charge in [0.15, 0.2) is 0 Å². The van der Waals surface area contributed by atoms with E-state index in [1.54, 1.807) is 0 Å². The van der Waals surface area contributed by atoms with Gasteiger partial charge in [-0.1, -0.05) is 18.2 Å². The van der Waals surface area contributed by atoms with Crippen LogP contribution in [0.2, 0.25) is 0 Å². The number of hydrogen-bond donors (Lipinski definition) is 1. The zero-order valence-electron chi connectivity index (χ0n) is 8.44. The Balaban J connectivity index is 0. The third-order valence-electron chi connectivity index (χ3n) is 1.48. The van der Waals surface area contributed by atoms with E-state index in [1.165, 1.54) is 24.3 Å². The van der Waals surface area contributed by atoms with E-state index < -0.39 is 11.9 Å². The van der Waals surface area contributed by atoms with Gasteiger partial charge in [0.1, 0.15) is 0 Å². The second kappa shape index (κ2) is 9.43. The second-order valence-corrected chi connectivity index (χ2v) is 2.26. The molecule has 0 fully saturated rings. The van der Waals surface area contributed by atoms with Gasteiger partial charge in [0.25, 0.3) is 0 Å². The van der Waals surface area contributed by atoms with Crippen LogP contribution in [0.25, 0.3) is 0 Å². The molecule has 7 heteroatoms. The molecule has 0 aromatic heterocycles. The summed E-state index contributed by atoms with van der Waals surface area (Å²) < 4.78 is 0. The quantitative estimate of drug-likeness (QED) is 0.421. The molecule has 1 aromatic carbocycles. The van der Waals surface area contributed by atoms with Crippen LogP contribution in [0.4, 0.5) is 0 Å². The van der Waals surface area contributed by atoms with Crippen molar-refractivity contribution >= 4 is 11.9 Å². The molecule has 0 radical (unpaired) electrons. The van der Waals surface area contributed by atoms with Crippen LogP contribution in [-0.2, 0) is 0 Å². The maximum Gasteiger partial charge on any atom is 1.00 e. The van der Waals surface area contributed by atoms with E-state index >= 15 is 0 Å². The SMILES string of the molecule is O=C([O-])c1ccccc1C(=O)N[O-].[K+].[K+]. The molecule has 1 aromatic rings. The van der Waals surface area contributed by atoms with Crippen molar-refractivity contribution in [2.75, 3.05) is 0 Å². The van der Waals surface area contributed by atoms with E-state index in [0.717, 1.165) is 5.48 Å². The number of carbonyl (C=O) groups is 2. The Morgan fingerprint density at radius 2 is 1.53 bits per heavy atom. The number of nitrogens with one attached hydrogen (secondary N) is 1. The van der Waals surface area contributed by atoms with Gasteiger partial charge >= 0.3 is 103 Å². The monoisotopic (exact) mass is 257 g/mol. The van der Waals surface area contributed by atoms with E-state index in [4.69, 9.17) is 0 Å².